The Labute approximate surface area is 95.3 Å². The van der Waals surface area contributed by atoms with Crippen molar-refractivity contribution in [2.45, 2.75) is 19.8 Å². The number of hydrogen-bond donors (Lipinski definition) is 0. The van der Waals surface area contributed by atoms with Crippen molar-refractivity contribution >= 4 is 17.5 Å². The standard InChI is InChI=1S/C13H16OS/c1-10-2-4-11(5-3-10)8-13(14)12-6-7-15-9-12/h2-5,12H,6-9H2,1H3. The van der Waals surface area contributed by atoms with Crippen LogP contribution in [0.3, 0.4) is 0 Å². The van der Waals surface area contributed by atoms with Gasteiger partial charge >= 0.3 is 0 Å². The van der Waals surface area contributed by atoms with Crippen LogP contribution >= 0.6 is 11.8 Å². The Kier molecular flexibility index (Phi) is 3.47. The highest BCUT2D eigenvalue weighted by Crippen LogP contribution is 2.25. The monoisotopic (exact) mass is 220 g/mol. The molecule has 80 valence electrons. The van der Waals surface area contributed by atoms with Gasteiger partial charge < -0.3 is 0 Å². The van der Waals surface area contributed by atoms with E-state index in [9.17, 15) is 4.79 Å². The van der Waals surface area contributed by atoms with Crippen molar-refractivity contribution in [3.05, 3.63) is 35.4 Å². The van der Waals surface area contributed by atoms with Gasteiger partial charge in [0.05, 0.1) is 0 Å². The van der Waals surface area contributed by atoms with Crippen molar-refractivity contribution in [1.29, 1.82) is 0 Å². The van der Waals surface area contributed by atoms with E-state index >= 15 is 0 Å². The minimum Gasteiger partial charge on any atom is -0.299 e. The van der Waals surface area contributed by atoms with Gasteiger partial charge in [0.25, 0.3) is 0 Å². The Bertz CT molecular complexity index is 336. The molecule has 0 aromatic heterocycles. The summed E-state index contributed by atoms with van der Waals surface area (Å²) in [5.41, 5.74) is 2.41. The Balaban J connectivity index is 1.96. The molecule has 1 heterocycles. The van der Waals surface area contributed by atoms with Crippen molar-refractivity contribution < 1.29 is 4.79 Å². The van der Waals surface area contributed by atoms with Crippen LogP contribution < -0.4 is 0 Å². The summed E-state index contributed by atoms with van der Waals surface area (Å²) in [7, 11) is 0. The molecule has 1 aliphatic rings. The molecule has 15 heavy (non-hydrogen) atoms. The highest BCUT2D eigenvalue weighted by Gasteiger charge is 2.22. The number of aryl methyl sites for hydroxylation is 1. The van der Waals surface area contributed by atoms with Crippen molar-refractivity contribution in [3.8, 4) is 0 Å². The molecule has 1 unspecified atom stereocenters. The molecule has 2 rings (SSSR count). The Morgan fingerprint density at radius 2 is 2.13 bits per heavy atom. The predicted octanol–water partition coefficient (Wildman–Crippen LogP) is 2.86. The number of benzene rings is 1. The number of hydrogen-bond acceptors (Lipinski definition) is 2. The Morgan fingerprint density at radius 3 is 2.73 bits per heavy atom. The van der Waals surface area contributed by atoms with Crippen LogP contribution in [0.4, 0.5) is 0 Å². The lowest BCUT2D eigenvalue weighted by Crippen LogP contribution is -2.15. The van der Waals surface area contributed by atoms with Gasteiger partial charge in [-0.2, -0.15) is 11.8 Å². The molecule has 1 atom stereocenters. The van der Waals surface area contributed by atoms with Crippen LogP contribution in [0.25, 0.3) is 0 Å². The van der Waals surface area contributed by atoms with E-state index in [0.717, 1.165) is 23.5 Å². The van der Waals surface area contributed by atoms with E-state index in [-0.39, 0.29) is 0 Å². The lowest BCUT2D eigenvalue weighted by molar-refractivity contribution is -0.121. The van der Waals surface area contributed by atoms with Gasteiger partial charge in [-0.3, -0.25) is 4.79 Å². The molecule has 0 N–H and O–H groups in total. The van der Waals surface area contributed by atoms with E-state index < -0.39 is 0 Å². The summed E-state index contributed by atoms with van der Waals surface area (Å²) in [5.74, 6) is 2.93. The topological polar surface area (TPSA) is 17.1 Å². The van der Waals surface area contributed by atoms with Crippen molar-refractivity contribution in [3.63, 3.8) is 0 Å². The van der Waals surface area contributed by atoms with Gasteiger partial charge in [-0.15, -0.1) is 0 Å². The molecule has 0 radical (unpaired) electrons. The molecule has 0 saturated carbocycles. The molecule has 0 spiro atoms. The van der Waals surface area contributed by atoms with Crippen molar-refractivity contribution in [1.82, 2.24) is 0 Å². The summed E-state index contributed by atoms with van der Waals surface area (Å²) in [6.45, 7) is 2.07. The minimum atomic E-state index is 0.316. The van der Waals surface area contributed by atoms with Gasteiger partial charge in [0.1, 0.15) is 5.78 Å². The number of thioether (sulfide) groups is 1. The second kappa shape index (κ2) is 4.84. The number of ketones is 1. The summed E-state index contributed by atoms with van der Waals surface area (Å²) < 4.78 is 0. The molecule has 2 heteroatoms. The number of rotatable bonds is 3. The highest BCUT2D eigenvalue weighted by molar-refractivity contribution is 7.99. The van der Waals surface area contributed by atoms with Gasteiger partial charge in [-0.05, 0) is 24.7 Å². The normalized spacial score (nSPS) is 20.5. The lowest BCUT2D eigenvalue weighted by atomic mass is 9.97. The van der Waals surface area contributed by atoms with E-state index in [2.05, 4.69) is 31.2 Å². The Hall–Kier alpha value is -0.760. The first-order valence-corrected chi connectivity index (χ1v) is 6.57. The van der Waals surface area contributed by atoms with E-state index in [0.29, 0.717) is 18.1 Å². The minimum absolute atomic E-state index is 0.316. The molecule has 0 bridgehead atoms. The van der Waals surface area contributed by atoms with Gasteiger partial charge in [0.2, 0.25) is 0 Å². The van der Waals surface area contributed by atoms with Crippen LogP contribution in [-0.4, -0.2) is 17.3 Å². The maximum Gasteiger partial charge on any atom is 0.141 e. The molecule has 1 fully saturated rings. The van der Waals surface area contributed by atoms with Gasteiger partial charge in [-0.1, -0.05) is 29.8 Å². The fraction of sp³-hybridized carbons (Fsp3) is 0.462. The third kappa shape index (κ3) is 2.85. The fourth-order valence-corrected chi connectivity index (χ4v) is 3.09. The summed E-state index contributed by atoms with van der Waals surface area (Å²) in [6.07, 6.45) is 1.70. The SMILES string of the molecule is Cc1ccc(CC(=O)C2CCSC2)cc1. The number of carbonyl (C=O) groups is 1. The molecule has 1 aromatic rings. The zero-order valence-electron chi connectivity index (χ0n) is 9.03. The largest absolute Gasteiger partial charge is 0.299 e. The predicted molar refractivity (Wildman–Crippen MR) is 65.3 cm³/mol. The first-order valence-electron chi connectivity index (χ1n) is 5.42. The van der Waals surface area contributed by atoms with Crippen LogP contribution in [-0.2, 0) is 11.2 Å². The zero-order valence-corrected chi connectivity index (χ0v) is 9.85. The van der Waals surface area contributed by atoms with Gasteiger partial charge in [0.15, 0.2) is 0 Å². The molecule has 1 aromatic carbocycles. The van der Waals surface area contributed by atoms with Gasteiger partial charge in [0, 0.05) is 18.1 Å². The van der Waals surface area contributed by atoms with Crippen LogP contribution in [0.1, 0.15) is 17.5 Å². The van der Waals surface area contributed by atoms with Crippen LogP contribution in [0, 0.1) is 12.8 Å². The maximum absolute atomic E-state index is 11.9. The zero-order chi connectivity index (χ0) is 10.7. The van der Waals surface area contributed by atoms with E-state index in [1.54, 1.807) is 0 Å². The molecule has 1 nitrogen and oxygen atoms in total. The molecular weight excluding hydrogens is 204 g/mol. The summed E-state index contributed by atoms with van der Waals surface area (Å²) in [5, 5.41) is 0. The Morgan fingerprint density at radius 1 is 1.40 bits per heavy atom. The first kappa shape index (κ1) is 10.7. The van der Waals surface area contributed by atoms with E-state index in [1.165, 1.54) is 5.56 Å². The number of carbonyl (C=O) groups excluding carboxylic acids is 1. The van der Waals surface area contributed by atoms with Crippen LogP contribution in [0.5, 0.6) is 0 Å². The third-order valence-corrected chi connectivity index (χ3v) is 4.05. The molecule has 0 amide bonds. The lowest BCUT2D eigenvalue weighted by Gasteiger charge is -2.07. The summed E-state index contributed by atoms with van der Waals surface area (Å²) in [4.78, 5) is 11.9. The number of Topliss-reactive ketones (excluding diaryl/α,β-unsaturated/α-hetero) is 1. The average molecular weight is 220 g/mol. The van der Waals surface area contributed by atoms with Crippen molar-refractivity contribution in [2.24, 2.45) is 5.92 Å². The van der Waals surface area contributed by atoms with Crippen LogP contribution in [0.15, 0.2) is 24.3 Å². The third-order valence-electron chi connectivity index (χ3n) is 2.88. The molecule has 1 saturated heterocycles. The second-order valence-corrected chi connectivity index (χ2v) is 5.34. The second-order valence-electron chi connectivity index (χ2n) is 4.19. The maximum atomic E-state index is 11.9. The van der Waals surface area contributed by atoms with E-state index in [4.69, 9.17) is 0 Å². The fourth-order valence-electron chi connectivity index (χ4n) is 1.84. The summed E-state index contributed by atoms with van der Waals surface area (Å²) >= 11 is 1.90. The molecule has 1 aliphatic heterocycles. The summed E-state index contributed by atoms with van der Waals surface area (Å²) in [6, 6.07) is 8.28. The van der Waals surface area contributed by atoms with Crippen LogP contribution in [0.2, 0.25) is 0 Å². The molecular formula is C13H16OS. The van der Waals surface area contributed by atoms with Crippen molar-refractivity contribution in [2.75, 3.05) is 11.5 Å². The first-order chi connectivity index (χ1) is 7.25. The van der Waals surface area contributed by atoms with Gasteiger partial charge in [-0.25, -0.2) is 0 Å². The smallest absolute Gasteiger partial charge is 0.141 e. The van der Waals surface area contributed by atoms with E-state index in [1.807, 2.05) is 11.8 Å². The highest BCUT2D eigenvalue weighted by atomic mass is 32.2. The quantitative estimate of drug-likeness (QED) is 0.779. The molecule has 0 aliphatic carbocycles. The average Bonchev–Trinajstić information content (AvgIpc) is 2.74.